The third kappa shape index (κ3) is 3.34. The van der Waals surface area contributed by atoms with Crippen molar-refractivity contribution in [1.29, 1.82) is 0 Å². The first kappa shape index (κ1) is 19.6. The third-order valence-electron chi connectivity index (χ3n) is 6.00. The Morgan fingerprint density at radius 2 is 2.13 bits per heavy atom. The van der Waals surface area contributed by atoms with Crippen LogP contribution in [0.25, 0.3) is 0 Å². The molecule has 162 valence electrons. The fourth-order valence-corrected chi connectivity index (χ4v) is 4.41. The van der Waals surface area contributed by atoms with E-state index in [2.05, 4.69) is 10.3 Å². The molecule has 1 fully saturated rings. The lowest BCUT2D eigenvalue weighted by Gasteiger charge is -2.21. The summed E-state index contributed by atoms with van der Waals surface area (Å²) in [6.07, 6.45) is 3.05. The lowest BCUT2D eigenvalue weighted by molar-refractivity contribution is -0.116. The van der Waals surface area contributed by atoms with Crippen molar-refractivity contribution in [3.05, 3.63) is 40.8 Å². The third-order valence-corrected chi connectivity index (χ3v) is 6.00. The average molecular weight is 427 g/mol. The van der Waals surface area contributed by atoms with E-state index in [1.54, 1.807) is 24.1 Å². The molecule has 2 atom stereocenters. The number of hydrogen-bond donors (Lipinski definition) is 1. The van der Waals surface area contributed by atoms with E-state index in [0.717, 1.165) is 5.56 Å². The Balaban J connectivity index is 1.37. The Bertz CT molecular complexity index is 1090. The number of anilines is 1. The number of aromatic nitrogens is 1. The summed E-state index contributed by atoms with van der Waals surface area (Å²) in [7, 11) is 1.34. The fourth-order valence-electron chi connectivity index (χ4n) is 4.41. The van der Waals surface area contributed by atoms with Gasteiger partial charge in [0, 0.05) is 25.1 Å². The number of aryl methyl sites for hydroxylation is 2. The number of halogens is 1. The number of amides is 2. The summed E-state index contributed by atoms with van der Waals surface area (Å²) in [5.41, 5.74) is 2.13. The van der Waals surface area contributed by atoms with Crippen molar-refractivity contribution in [2.75, 3.05) is 25.6 Å². The Morgan fingerprint density at radius 1 is 1.29 bits per heavy atom. The molecule has 5 rings (SSSR count). The van der Waals surface area contributed by atoms with Crippen LogP contribution in [0.3, 0.4) is 0 Å². The van der Waals surface area contributed by atoms with E-state index in [9.17, 15) is 14.0 Å². The Morgan fingerprint density at radius 3 is 2.94 bits per heavy atom. The van der Waals surface area contributed by atoms with Gasteiger partial charge >= 0.3 is 0 Å². The number of pyridine rings is 1. The quantitative estimate of drug-likeness (QED) is 0.810. The first-order valence-electron chi connectivity index (χ1n) is 10.2. The predicted molar refractivity (Wildman–Crippen MR) is 108 cm³/mol. The van der Waals surface area contributed by atoms with Gasteiger partial charge in [-0.3, -0.25) is 9.59 Å². The van der Waals surface area contributed by atoms with Crippen molar-refractivity contribution in [3.8, 4) is 17.4 Å². The second-order valence-corrected chi connectivity index (χ2v) is 8.04. The highest BCUT2D eigenvalue weighted by atomic mass is 19.1. The molecule has 1 aromatic heterocycles. The van der Waals surface area contributed by atoms with Crippen LogP contribution in [0.15, 0.2) is 18.3 Å². The number of ether oxygens (including phenoxy) is 3. The van der Waals surface area contributed by atoms with E-state index in [-0.39, 0.29) is 41.9 Å². The van der Waals surface area contributed by atoms with E-state index in [0.29, 0.717) is 48.7 Å². The van der Waals surface area contributed by atoms with E-state index >= 15 is 0 Å². The highest BCUT2D eigenvalue weighted by Gasteiger charge is 2.42. The van der Waals surface area contributed by atoms with Crippen molar-refractivity contribution < 1.29 is 28.2 Å². The van der Waals surface area contributed by atoms with Gasteiger partial charge in [-0.05, 0) is 30.5 Å². The highest BCUT2D eigenvalue weighted by molar-refractivity contribution is 6.00. The minimum absolute atomic E-state index is 0.0308. The van der Waals surface area contributed by atoms with Gasteiger partial charge in [0.1, 0.15) is 24.0 Å². The van der Waals surface area contributed by atoms with Crippen molar-refractivity contribution in [2.24, 2.45) is 0 Å². The summed E-state index contributed by atoms with van der Waals surface area (Å²) < 4.78 is 31.7. The zero-order chi connectivity index (χ0) is 21.7. The van der Waals surface area contributed by atoms with Gasteiger partial charge < -0.3 is 24.4 Å². The van der Waals surface area contributed by atoms with Crippen LogP contribution in [0.4, 0.5) is 10.1 Å². The molecule has 2 aromatic rings. The Hall–Kier alpha value is -3.36. The van der Waals surface area contributed by atoms with Gasteiger partial charge in [-0.25, -0.2) is 9.37 Å². The van der Waals surface area contributed by atoms with E-state index in [4.69, 9.17) is 14.2 Å². The zero-order valence-corrected chi connectivity index (χ0v) is 17.2. The van der Waals surface area contributed by atoms with E-state index in [1.807, 2.05) is 0 Å². The summed E-state index contributed by atoms with van der Waals surface area (Å²) >= 11 is 0. The van der Waals surface area contributed by atoms with Crippen LogP contribution in [0.5, 0.6) is 17.4 Å². The van der Waals surface area contributed by atoms with Crippen LogP contribution in [0.2, 0.25) is 0 Å². The predicted octanol–water partition coefficient (Wildman–Crippen LogP) is 2.48. The maximum Gasteiger partial charge on any atom is 0.262 e. The SMILES string of the molecule is COc1c(F)c(C)cc2c1C(=O)N1C[C@@H](Oc3cc4c(cn3)CCC(=O)N4)C[C@@H]1CO2. The molecular formula is C22H22FN3O5. The lowest BCUT2D eigenvalue weighted by atomic mass is 10.1. The van der Waals surface area contributed by atoms with Crippen molar-refractivity contribution in [3.63, 3.8) is 0 Å². The summed E-state index contributed by atoms with van der Waals surface area (Å²) in [6.45, 7) is 2.20. The van der Waals surface area contributed by atoms with Crippen molar-refractivity contribution >= 4 is 17.5 Å². The Kier molecular flexibility index (Phi) is 4.68. The summed E-state index contributed by atoms with van der Waals surface area (Å²) in [5.74, 6) is -0.320. The molecule has 1 saturated heterocycles. The second-order valence-electron chi connectivity index (χ2n) is 8.04. The number of hydrogen-bond acceptors (Lipinski definition) is 6. The van der Waals surface area contributed by atoms with Gasteiger partial charge in [0.15, 0.2) is 11.6 Å². The minimum Gasteiger partial charge on any atom is -0.493 e. The van der Waals surface area contributed by atoms with Crippen LogP contribution in [0, 0.1) is 12.7 Å². The second kappa shape index (κ2) is 7.40. The molecule has 31 heavy (non-hydrogen) atoms. The number of carbonyl (C=O) groups is 2. The number of rotatable bonds is 3. The smallest absolute Gasteiger partial charge is 0.262 e. The number of benzene rings is 1. The molecule has 0 bridgehead atoms. The average Bonchev–Trinajstić information content (AvgIpc) is 3.10. The molecule has 1 N–H and O–H groups in total. The number of methoxy groups -OCH3 is 1. The maximum absolute atomic E-state index is 14.6. The van der Waals surface area contributed by atoms with Gasteiger partial charge in [-0.1, -0.05) is 0 Å². The zero-order valence-electron chi connectivity index (χ0n) is 17.2. The first-order chi connectivity index (χ1) is 14.9. The number of nitrogens with one attached hydrogen (secondary N) is 1. The lowest BCUT2D eigenvalue weighted by Crippen LogP contribution is -2.37. The molecule has 0 saturated carbocycles. The van der Waals surface area contributed by atoms with Crippen LogP contribution in [-0.2, 0) is 11.2 Å². The molecule has 0 aliphatic carbocycles. The first-order valence-corrected chi connectivity index (χ1v) is 10.2. The van der Waals surface area contributed by atoms with Crippen molar-refractivity contribution in [2.45, 2.75) is 38.3 Å². The molecular weight excluding hydrogens is 405 g/mol. The van der Waals surface area contributed by atoms with E-state index in [1.165, 1.54) is 13.2 Å². The van der Waals surface area contributed by atoms with Crippen LogP contribution >= 0.6 is 0 Å². The van der Waals surface area contributed by atoms with Crippen LogP contribution in [0.1, 0.15) is 34.3 Å². The molecule has 3 aliphatic rings. The summed E-state index contributed by atoms with van der Waals surface area (Å²) in [6, 6.07) is 3.03. The highest BCUT2D eigenvalue weighted by Crippen LogP contribution is 2.39. The van der Waals surface area contributed by atoms with Gasteiger partial charge in [0.05, 0.1) is 25.4 Å². The van der Waals surface area contributed by atoms with Crippen LogP contribution in [-0.4, -0.2) is 54.1 Å². The maximum atomic E-state index is 14.6. The summed E-state index contributed by atoms with van der Waals surface area (Å²) in [4.78, 5) is 30.9. The molecule has 8 nitrogen and oxygen atoms in total. The van der Waals surface area contributed by atoms with Gasteiger partial charge in [-0.15, -0.1) is 0 Å². The molecule has 4 heterocycles. The number of nitrogens with zero attached hydrogens (tertiary/aromatic N) is 2. The van der Waals surface area contributed by atoms with Crippen LogP contribution < -0.4 is 19.5 Å². The molecule has 9 heteroatoms. The van der Waals surface area contributed by atoms with Crippen molar-refractivity contribution in [1.82, 2.24) is 9.88 Å². The van der Waals surface area contributed by atoms with Gasteiger partial charge in [0.25, 0.3) is 5.91 Å². The number of carbonyl (C=O) groups excluding carboxylic acids is 2. The monoisotopic (exact) mass is 427 g/mol. The topological polar surface area (TPSA) is 90.0 Å². The molecule has 0 radical (unpaired) electrons. The Labute approximate surface area is 178 Å². The molecule has 0 spiro atoms. The fraction of sp³-hybridized carbons (Fsp3) is 0.409. The standard InChI is InChI=1S/C22H22FN3O5/c1-11-5-16-19(21(29-2)20(11)23)22(28)26-9-14(6-13(26)10-30-16)31-18-7-15-12(8-24-18)3-4-17(27)25-15/h5,7-8,13-14H,3-4,6,9-10H2,1-2H3,(H,25,27)/t13-,14+/m1/s1. The molecule has 2 amide bonds. The van der Waals surface area contributed by atoms with E-state index < -0.39 is 5.82 Å². The molecule has 3 aliphatic heterocycles. The molecule has 0 unspecified atom stereocenters. The summed E-state index contributed by atoms with van der Waals surface area (Å²) in [5, 5.41) is 2.83. The largest absolute Gasteiger partial charge is 0.493 e. The normalized spacial score (nSPS) is 22.0. The van der Waals surface area contributed by atoms with Gasteiger partial charge in [-0.2, -0.15) is 0 Å². The van der Waals surface area contributed by atoms with Gasteiger partial charge in [0.2, 0.25) is 11.8 Å². The minimum atomic E-state index is -0.566. The molecule has 1 aromatic carbocycles. The number of fused-ring (bicyclic) bond motifs is 3.